The van der Waals surface area contributed by atoms with Crippen LogP contribution in [0.15, 0.2) is 67.0 Å². The van der Waals surface area contributed by atoms with Crippen LogP contribution in [0, 0.1) is 0 Å². The Bertz CT molecular complexity index is 1420. The highest BCUT2D eigenvalue weighted by Gasteiger charge is 2.34. The van der Waals surface area contributed by atoms with Gasteiger partial charge in [-0.1, -0.05) is 49.9 Å². The number of nitrogens with one attached hydrogen (secondary N) is 3. The molecule has 3 rings (SSSR count). The van der Waals surface area contributed by atoms with Gasteiger partial charge < -0.3 is 30.2 Å². The van der Waals surface area contributed by atoms with Crippen molar-refractivity contribution in [1.29, 1.82) is 0 Å². The monoisotopic (exact) mass is 637 g/mol. The van der Waals surface area contributed by atoms with Crippen LogP contribution >= 0.6 is 0 Å². The molecule has 0 spiro atoms. The highest BCUT2D eigenvalue weighted by Crippen LogP contribution is 2.24. The molecule has 0 aliphatic heterocycles. The fourth-order valence-electron chi connectivity index (χ4n) is 4.50. The Balaban J connectivity index is 0.00000736. The number of carbonyl (C=O) groups is 4. The van der Waals surface area contributed by atoms with Crippen molar-refractivity contribution in [1.82, 2.24) is 20.4 Å². The molecule has 0 aliphatic carbocycles. The number of aryl methyl sites for hydroxylation is 1. The standard InChI is InChI=1S/C33H43N5O7.CH4/c1-7-44-30(40)28(24-16-18-26(43-6)19-17-24)38-21-25(20-34-38)35-29(39)27(15-11-14-23-12-9-8-10-13-23)36-31(41)33(4,5)37-32(42)45-22(2)3;/h8-10,12-13,16-22,27-28H,7,11,14-15H2,1-6H3,(H,35,39)(H,36,41)(H,37,42);1H4/t27-,28?;/m1./s1. The van der Waals surface area contributed by atoms with E-state index < -0.39 is 41.5 Å². The van der Waals surface area contributed by atoms with E-state index in [-0.39, 0.29) is 20.1 Å². The second-order valence-electron chi connectivity index (χ2n) is 11.2. The van der Waals surface area contributed by atoms with Gasteiger partial charge in [0.1, 0.15) is 17.3 Å². The van der Waals surface area contributed by atoms with Crippen molar-refractivity contribution < 1.29 is 33.4 Å². The van der Waals surface area contributed by atoms with Gasteiger partial charge in [-0.2, -0.15) is 5.10 Å². The van der Waals surface area contributed by atoms with Gasteiger partial charge >= 0.3 is 12.1 Å². The van der Waals surface area contributed by atoms with Gasteiger partial charge in [-0.25, -0.2) is 9.59 Å². The Morgan fingerprint density at radius 2 is 1.67 bits per heavy atom. The minimum absolute atomic E-state index is 0. The molecule has 2 aromatic carbocycles. The highest BCUT2D eigenvalue weighted by atomic mass is 16.6. The number of aromatic nitrogens is 2. The summed E-state index contributed by atoms with van der Waals surface area (Å²) < 4.78 is 17.1. The van der Waals surface area contributed by atoms with Crippen molar-refractivity contribution in [2.45, 2.75) is 85.0 Å². The number of benzene rings is 2. The molecular weight excluding hydrogens is 590 g/mol. The van der Waals surface area contributed by atoms with Crippen LogP contribution in [-0.4, -0.2) is 65.1 Å². The predicted octanol–water partition coefficient (Wildman–Crippen LogP) is 5.04. The van der Waals surface area contributed by atoms with Gasteiger partial charge in [0.2, 0.25) is 11.8 Å². The van der Waals surface area contributed by atoms with Crippen molar-refractivity contribution in [3.63, 3.8) is 0 Å². The second-order valence-corrected chi connectivity index (χ2v) is 11.2. The third kappa shape index (κ3) is 10.9. The zero-order chi connectivity index (χ0) is 33.0. The largest absolute Gasteiger partial charge is 0.497 e. The lowest BCUT2D eigenvalue weighted by Crippen LogP contribution is -2.58. The number of amides is 3. The molecule has 0 bridgehead atoms. The van der Waals surface area contributed by atoms with Crippen LogP contribution in [0.2, 0.25) is 0 Å². The van der Waals surface area contributed by atoms with Crippen molar-refractivity contribution in [3.05, 3.63) is 78.1 Å². The van der Waals surface area contributed by atoms with Gasteiger partial charge in [-0.15, -0.1) is 0 Å². The van der Waals surface area contributed by atoms with Gasteiger partial charge in [0.05, 0.1) is 31.7 Å². The highest BCUT2D eigenvalue weighted by molar-refractivity contribution is 5.99. The van der Waals surface area contributed by atoms with Crippen molar-refractivity contribution in [2.24, 2.45) is 0 Å². The summed E-state index contributed by atoms with van der Waals surface area (Å²) in [5.41, 5.74) is 0.682. The Labute approximate surface area is 271 Å². The molecule has 3 amide bonds. The van der Waals surface area contributed by atoms with E-state index in [2.05, 4.69) is 21.0 Å². The molecule has 250 valence electrons. The first-order chi connectivity index (χ1) is 21.4. The number of anilines is 1. The molecule has 12 nitrogen and oxygen atoms in total. The molecule has 1 unspecified atom stereocenters. The van der Waals surface area contributed by atoms with Crippen molar-refractivity contribution >= 4 is 29.6 Å². The normalized spacial score (nSPS) is 12.2. The fourth-order valence-corrected chi connectivity index (χ4v) is 4.50. The van der Waals surface area contributed by atoms with Gasteiger partial charge in [0.25, 0.3) is 0 Å². The lowest BCUT2D eigenvalue weighted by Gasteiger charge is -2.28. The van der Waals surface area contributed by atoms with Crippen LogP contribution in [-0.2, 0) is 30.3 Å². The maximum absolute atomic E-state index is 13.6. The van der Waals surface area contributed by atoms with Crippen molar-refractivity contribution in [3.8, 4) is 5.75 Å². The Hall–Kier alpha value is -4.87. The van der Waals surface area contributed by atoms with E-state index in [4.69, 9.17) is 14.2 Å². The molecule has 0 saturated carbocycles. The summed E-state index contributed by atoms with van der Waals surface area (Å²) in [4.78, 5) is 52.0. The topological polar surface area (TPSA) is 150 Å². The van der Waals surface area contributed by atoms with Crippen LogP contribution < -0.4 is 20.7 Å². The molecule has 12 heteroatoms. The van der Waals surface area contributed by atoms with Gasteiger partial charge in [-0.3, -0.25) is 14.3 Å². The molecule has 0 fully saturated rings. The zero-order valence-corrected chi connectivity index (χ0v) is 26.7. The van der Waals surface area contributed by atoms with Crippen LogP contribution in [0.25, 0.3) is 0 Å². The summed E-state index contributed by atoms with van der Waals surface area (Å²) in [5.74, 6) is -0.917. The molecule has 2 atom stereocenters. The number of ether oxygens (including phenoxy) is 3. The molecule has 46 heavy (non-hydrogen) atoms. The van der Waals surface area contributed by atoms with Crippen molar-refractivity contribution in [2.75, 3.05) is 19.0 Å². The third-order valence-corrected chi connectivity index (χ3v) is 6.82. The third-order valence-electron chi connectivity index (χ3n) is 6.82. The second kappa shape index (κ2) is 17.6. The number of methoxy groups -OCH3 is 1. The summed E-state index contributed by atoms with van der Waals surface area (Å²) in [6.45, 7) is 8.36. The minimum Gasteiger partial charge on any atom is -0.497 e. The average molecular weight is 638 g/mol. The molecule has 3 aromatic rings. The number of rotatable bonds is 15. The first-order valence-corrected chi connectivity index (χ1v) is 14.9. The number of hydrogen-bond donors (Lipinski definition) is 3. The Morgan fingerprint density at radius 3 is 2.28 bits per heavy atom. The predicted molar refractivity (Wildman–Crippen MR) is 175 cm³/mol. The number of carbonyl (C=O) groups excluding carboxylic acids is 4. The molecule has 1 heterocycles. The number of hydrogen-bond acceptors (Lipinski definition) is 8. The molecule has 1 aromatic heterocycles. The molecule has 0 aliphatic rings. The molecule has 0 saturated heterocycles. The van der Waals surface area contributed by atoms with Crippen LogP contribution in [0.3, 0.4) is 0 Å². The first-order valence-electron chi connectivity index (χ1n) is 14.9. The lowest BCUT2D eigenvalue weighted by atomic mass is 10.0. The number of esters is 1. The summed E-state index contributed by atoms with van der Waals surface area (Å²) in [7, 11) is 1.55. The van der Waals surface area contributed by atoms with Crippen LogP contribution in [0.1, 0.15) is 72.1 Å². The maximum atomic E-state index is 13.6. The summed E-state index contributed by atoms with van der Waals surface area (Å²) in [6.07, 6.45) is 3.47. The summed E-state index contributed by atoms with van der Waals surface area (Å²) in [5, 5.41) is 12.5. The van der Waals surface area contributed by atoms with E-state index in [0.29, 0.717) is 36.3 Å². The molecule has 3 N–H and O–H groups in total. The van der Waals surface area contributed by atoms with E-state index in [1.54, 1.807) is 52.1 Å². The smallest absolute Gasteiger partial charge is 0.408 e. The Morgan fingerprint density at radius 1 is 1.00 bits per heavy atom. The fraction of sp³-hybridized carbons (Fsp3) is 0.441. The summed E-state index contributed by atoms with van der Waals surface area (Å²) >= 11 is 0. The molecule has 0 radical (unpaired) electrons. The minimum atomic E-state index is -1.36. The lowest BCUT2D eigenvalue weighted by molar-refractivity contribution is -0.146. The summed E-state index contributed by atoms with van der Waals surface area (Å²) in [6, 6.07) is 14.9. The zero-order valence-electron chi connectivity index (χ0n) is 26.7. The van der Waals surface area contributed by atoms with Gasteiger partial charge in [0, 0.05) is 6.20 Å². The average Bonchev–Trinajstić information content (AvgIpc) is 3.44. The van der Waals surface area contributed by atoms with Gasteiger partial charge in [0.15, 0.2) is 6.04 Å². The van der Waals surface area contributed by atoms with Crippen LogP contribution in [0.4, 0.5) is 10.5 Å². The van der Waals surface area contributed by atoms with E-state index in [0.717, 1.165) is 5.56 Å². The van der Waals surface area contributed by atoms with E-state index in [1.807, 2.05) is 30.3 Å². The number of alkyl carbamates (subject to hydrolysis) is 1. The Kier molecular flexibility index (Phi) is 14.3. The van der Waals surface area contributed by atoms with Crippen LogP contribution in [0.5, 0.6) is 5.75 Å². The maximum Gasteiger partial charge on any atom is 0.408 e. The van der Waals surface area contributed by atoms with E-state index in [9.17, 15) is 19.2 Å². The molecular formula is C34H47N5O7. The quantitative estimate of drug-likeness (QED) is 0.196. The SMILES string of the molecule is C.CCOC(=O)C(c1ccc(OC)cc1)n1cc(NC(=O)[C@@H](CCCc2ccccc2)NC(=O)C(C)(C)NC(=O)OC(C)C)cn1. The van der Waals surface area contributed by atoms with E-state index >= 15 is 0 Å². The number of nitrogens with zero attached hydrogens (tertiary/aromatic N) is 2. The first kappa shape index (κ1) is 37.3. The van der Waals surface area contributed by atoms with E-state index in [1.165, 1.54) is 30.9 Å². The van der Waals surface area contributed by atoms with Gasteiger partial charge in [-0.05, 0) is 77.1 Å².